The van der Waals surface area contributed by atoms with Crippen LogP contribution < -0.4 is 10.5 Å². The largest absolute Gasteiger partial charge is 0.378 e. The molecule has 0 N–H and O–H groups in total. The van der Waals surface area contributed by atoms with E-state index < -0.39 is 0 Å². The fourth-order valence-electron chi connectivity index (χ4n) is 4.36. The molecule has 1 aromatic heterocycles. The van der Waals surface area contributed by atoms with Crippen LogP contribution in [0.5, 0.6) is 0 Å². The number of anilines is 1. The lowest BCUT2D eigenvalue weighted by molar-refractivity contribution is 0.0779. The van der Waals surface area contributed by atoms with Crippen molar-refractivity contribution in [1.82, 2.24) is 14.7 Å². The van der Waals surface area contributed by atoms with Crippen molar-refractivity contribution in [2.24, 2.45) is 0 Å². The maximum Gasteiger partial charge on any atom is 0.279 e. The van der Waals surface area contributed by atoms with Crippen LogP contribution in [0.15, 0.2) is 83.7 Å². The summed E-state index contributed by atoms with van der Waals surface area (Å²) < 4.78 is 6.80. The number of carbonyl (C=O) groups is 1. The lowest BCUT2D eigenvalue weighted by atomic mass is 10.1. The number of ether oxygens (including phenoxy) is 1. The lowest BCUT2D eigenvalue weighted by Gasteiger charge is -2.31. The first-order valence-corrected chi connectivity index (χ1v) is 11.4. The Labute approximate surface area is 197 Å². The summed E-state index contributed by atoms with van der Waals surface area (Å²) in [5.74, 6) is -0.238. The molecule has 172 valence electrons. The molecule has 2 heterocycles. The molecular weight excluding hydrogens is 428 g/mol. The summed E-state index contributed by atoms with van der Waals surface area (Å²) in [5.41, 5.74) is 2.79. The number of hydrogen-bond donors (Lipinski definition) is 0. The number of benzene rings is 3. The van der Waals surface area contributed by atoms with Crippen molar-refractivity contribution in [2.75, 3.05) is 38.3 Å². The van der Waals surface area contributed by atoms with Gasteiger partial charge in [0.05, 0.1) is 24.3 Å². The maximum absolute atomic E-state index is 13.7. The summed E-state index contributed by atoms with van der Waals surface area (Å²) in [6.07, 6.45) is 0. The molecule has 34 heavy (non-hydrogen) atoms. The quantitative estimate of drug-likeness (QED) is 0.462. The maximum atomic E-state index is 13.7. The smallest absolute Gasteiger partial charge is 0.279 e. The van der Waals surface area contributed by atoms with Crippen LogP contribution in [0.1, 0.15) is 16.1 Å². The highest BCUT2D eigenvalue weighted by Crippen LogP contribution is 2.24. The molecule has 1 aliphatic heterocycles. The fraction of sp³-hybridized carbons (Fsp3) is 0.222. The van der Waals surface area contributed by atoms with Gasteiger partial charge in [0, 0.05) is 37.8 Å². The SMILES string of the molecule is CN(Cc1ccccc1N1CCOCC1)C(=O)c1nn(-c2ccccc2)c(=O)c2ccccc12. The average Bonchev–Trinajstić information content (AvgIpc) is 2.90. The second kappa shape index (κ2) is 9.49. The van der Waals surface area contributed by atoms with Gasteiger partial charge in [-0.2, -0.15) is 9.78 Å². The van der Waals surface area contributed by atoms with Crippen molar-refractivity contribution in [3.8, 4) is 5.69 Å². The second-order valence-electron chi connectivity index (χ2n) is 8.34. The second-order valence-corrected chi connectivity index (χ2v) is 8.34. The average molecular weight is 455 g/mol. The van der Waals surface area contributed by atoms with Crippen molar-refractivity contribution < 1.29 is 9.53 Å². The molecule has 1 amide bonds. The fourth-order valence-corrected chi connectivity index (χ4v) is 4.36. The summed E-state index contributed by atoms with van der Waals surface area (Å²) >= 11 is 0. The van der Waals surface area contributed by atoms with Crippen molar-refractivity contribution in [2.45, 2.75) is 6.54 Å². The molecule has 3 aromatic carbocycles. The Kier molecular flexibility index (Phi) is 6.10. The van der Waals surface area contributed by atoms with Crippen LogP contribution in [-0.4, -0.2) is 53.9 Å². The van der Waals surface area contributed by atoms with Gasteiger partial charge in [-0.05, 0) is 29.8 Å². The molecule has 0 spiro atoms. The molecule has 4 aromatic rings. The van der Waals surface area contributed by atoms with Crippen LogP contribution in [0.4, 0.5) is 5.69 Å². The number of nitrogens with zero attached hydrogens (tertiary/aromatic N) is 4. The first-order valence-electron chi connectivity index (χ1n) is 11.4. The molecule has 0 bridgehead atoms. The molecule has 7 heteroatoms. The van der Waals surface area contributed by atoms with Gasteiger partial charge in [-0.1, -0.05) is 54.6 Å². The predicted octanol–water partition coefficient (Wildman–Crippen LogP) is 3.49. The topological polar surface area (TPSA) is 67.7 Å². The Morgan fingerprint density at radius 1 is 0.912 bits per heavy atom. The standard InChI is InChI=1S/C27H26N4O3/c1-29(19-20-9-5-8-14-24(20)30-15-17-34-18-16-30)27(33)25-22-12-6-7-13-23(22)26(32)31(28-25)21-10-3-2-4-11-21/h2-14H,15-19H2,1H3. The molecule has 0 saturated carbocycles. The highest BCUT2D eigenvalue weighted by atomic mass is 16.5. The zero-order chi connectivity index (χ0) is 23.5. The van der Waals surface area contributed by atoms with Gasteiger partial charge in [0.2, 0.25) is 0 Å². The summed E-state index contributed by atoms with van der Waals surface area (Å²) in [6, 6.07) is 24.4. The molecule has 5 rings (SSSR count). The Hall–Kier alpha value is -3.97. The molecular formula is C27H26N4O3. The number of aromatic nitrogens is 2. The number of para-hydroxylation sites is 2. The minimum absolute atomic E-state index is 0.238. The van der Waals surface area contributed by atoms with E-state index in [2.05, 4.69) is 16.1 Å². The molecule has 0 unspecified atom stereocenters. The highest BCUT2D eigenvalue weighted by Gasteiger charge is 2.22. The number of amides is 1. The number of rotatable bonds is 5. The third-order valence-corrected chi connectivity index (χ3v) is 6.11. The van der Waals surface area contributed by atoms with E-state index in [4.69, 9.17) is 4.74 Å². The molecule has 1 saturated heterocycles. The summed E-state index contributed by atoms with van der Waals surface area (Å²) in [5, 5.41) is 5.55. The van der Waals surface area contributed by atoms with Crippen LogP contribution >= 0.6 is 0 Å². The van der Waals surface area contributed by atoms with E-state index in [-0.39, 0.29) is 17.2 Å². The normalized spacial score (nSPS) is 13.7. The molecule has 0 radical (unpaired) electrons. The number of hydrogen-bond acceptors (Lipinski definition) is 5. The third kappa shape index (κ3) is 4.18. The van der Waals surface area contributed by atoms with Crippen LogP contribution in [0.3, 0.4) is 0 Å². The van der Waals surface area contributed by atoms with Gasteiger partial charge in [0.25, 0.3) is 11.5 Å². The Bertz CT molecular complexity index is 1380. The number of carbonyl (C=O) groups excluding carboxylic acids is 1. The minimum Gasteiger partial charge on any atom is -0.378 e. The van der Waals surface area contributed by atoms with Gasteiger partial charge >= 0.3 is 0 Å². The zero-order valence-corrected chi connectivity index (χ0v) is 19.1. The van der Waals surface area contributed by atoms with Gasteiger partial charge < -0.3 is 14.5 Å². The van der Waals surface area contributed by atoms with Gasteiger partial charge in [0.1, 0.15) is 0 Å². The van der Waals surface area contributed by atoms with E-state index in [0.717, 1.165) is 24.3 Å². The molecule has 0 aliphatic carbocycles. The predicted molar refractivity (Wildman–Crippen MR) is 133 cm³/mol. The zero-order valence-electron chi connectivity index (χ0n) is 19.1. The van der Waals surface area contributed by atoms with Gasteiger partial charge in [-0.15, -0.1) is 0 Å². The lowest BCUT2D eigenvalue weighted by Crippen LogP contribution is -2.37. The van der Waals surface area contributed by atoms with E-state index in [1.54, 1.807) is 42.3 Å². The van der Waals surface area contributed by atoms with E-state index >= 15 is 0 Å². The van der Waals surface area contributed by atoms with Crippen LogP contribution in [-0.2, 0) is 11.3 Å². The van der Waals surface area contributed by atoms with Gasteiger partial charge in [-0.3, -0.25) is 9.59 Å². The van der Waals surface area contributed by atoms with Crippen molar-refractivity contribution >= 4 is 22.4 Å². The van der Waals surface area contributed by atoms with Gasteiger partial charge in [0.15, 0.2) is 5.69 Å². The summed E-state index contributed by atoms with van der Waals surface area (Å²) in [6.45, 7) is 3.46. The first-order chi connectivity index (χ1) is 16.6. The molecule has 7 nitrogen and oxygen atoms in total. The minimum atomic E-state index is -0.251. The summed E-state index contributed by atoms with van der Waals surface area (Å²) in [4.78, 5) is 30.8. The Balaban J connectivity index is 1.52. The van der Waals surface area contributed by atoms with Crippen molar-refractivity contribution in [3.63, 3.8) is 0 Å². The number of morpholine rings is 1. The van der Waals surface area contributed by atoms with E-state index in [9.17, 15) is 9.59 Å². The molecule has 1 aliphatic rings. The molecule has 1 fully saturated rings. The van der Waals surface area contributed by atoms with Crippen LogP contribution in [0, 0.1) is 0 Å². The molecule has 0 atom stereocenters. The summed E-state index contributed by atoms with van der Waals surface area (Å²) in [7, 11) is 1.77. The van der Waals surface area contributed by atoms with Gasteiger partial charge in [-0.25, -0.2) is 0 Å². The first kappa shape index (κ1) is 21.9. The Morgan fingerprint density at radius 2 is 1.56 bits per heavy atom. The van der Waals surface area contributed by atoms with Crippen LogP contribution in [0.25, 0.3) is 16.5 Å². The van der Waals surface area contributed by atoms with Crippen molar-refractivity contribution in [3.05, 3.63) is 100 Å². The monoisotopic (exact) mass is 454 g/mol. The highest BCUT2D eigenvalue weighted by molar-refractivity contribution is 6.04. The Morgan fingerprint density at radius 3 is 2.32 bits per heavy atom. The van der Waals surface area contributed by atoms with E-state index in [0.29, 0.717) is 36.2 Å². The number of fused-ring (bicyclic) bond motifs is 1. The van der Waals surface area contributed by atoms with E-state index in [1.165, 1.54) is 4.68 Å². The van der Waals surface area contributed by atoms with Crippen molar-refractivity contribution in [1.29, 1.82) is 0 Å². The van der Waals surface area contributed by atoms with E-state index in [1.807, 2.05) is 42.5 Å². The third-order valence-electron chi connectivity index (χ3n) is 6.11. The van der Waals surface area contributed by atoms with Crippen LogP contribution in [0.2, 0.25) is 0 Å².